The Bertz CT molecular complexity index is 5600. The van der Waals surface area contributed by atoms with E-state index >= 15 is 0 Å². The van der Waals surface area contributed by atoms with E-state index in [-0.39, 0.29) is 29.5 Å². The molecule has 21 nitrogen and oxygen atoms in total. The second-order valence-corrected chi connectivity index (χ2v) is 31.6. The maximum absolute atomic E-state index is 13.0. The molecule has 1 fully saturated rings. The maximum atomic E-state index is 13.0. The van der Waals surface area contributed by atoms with E-state index in [0.29, 0.717) is 46.0 Å². The monoisotopic (exact) mass is 2010 g/mol. The molecule has 12 aromatic rings. The number of hydroxylamine groups is 2. The van der Waals surface area contributed by atoms with Crippen molar-refractivity contribution in [2.24, 2.45) is 18.9 Å². The van der Waals surface area contributed by atoms with Crippen molar-refractivity contribution >= 4 is 103 Å². The normalized spacial score (nSPS) is 12.9. The summed E-state index contributed by atoms with van der Waals surface area (Å²) in [5, 5.41) is 5.18. The first-order chi connectivity index (χ1) is 71.2. The molecule has 0 bridgehead atoms. The van der Waals surface area contributed by atoms with Gasteiger partial charge in [0, 0.05) is 151 Å². The standard InChI is InChI=1S/C22H20N2O2.C18H17N3.C16H18N2O2.C15H17N5O.C13H15NO.C13H27N.C5H5N.12C2H6/c1-14-19(16-11-7-8-12-18(16)23(14)2)20-17(21(25)24(3)22(20)26)13-15-9-5-4-6-10-15;1-21(17-10-6-3-7-11-17)18-19-13-12-16(20-18)14-15-8-4-2-5-9-15;1-17(13-9-5-4-6-10-13)15-12-8-7-11-14(15)16(19)18(2)20-3;1-9-12-13(18-15(16-2)17-9)19(3)11-8-6-5-7-10(11)14(21)20(12)4;1-4-9(2)12-10-7-5-6-8-11(10)14(3)13(12)15;1-6-11-7-9-12(10-8-11)13(2,3)14(4)5;1-2-4-6-5-3-1;12*1-2/h4-12H,13H2,1-3H3;2-13H,14H2,1H3;4-12H,1-3H3;5-8H,1-4H3,(H,16,17,18);5-8H,4H2,1-3H3;11-12H,6-10H2,1-5H3;1-5H;12*1-2H3/b;;;;12-9-;;;;;;;;;;;;;;. The number of hydrogen-bond donors (Lipinski definition) is 1. The van der Waals surface area contributed by atoms with Gasteiger partial charge in [-0.1, -0.05) is 369 Å². The summed E-state index contributed by atoms with van der Waals surface area (Å²) in [7, 11) is 22.2. The first-order valence-corrected chi connectivity index (χ1v) is 53.9. The molecule has 147 heavy (non-hydrogen) atoms. The van der Waals surface area contributed by atoms with Gasteiger partial charge in [-0.2, -0.15) is 4.98 Å². The van der Waals surface area contributed by atoms with Gasteiger partial charge in [0.25, 0.3) is 29.5 Å². The number of benzene rings is 8. The van der Waals surface area contributed by atoms with E-state index in [0.717, 1.165) is 121 Å². The fourth-order valence-electron chi connectivity index (χ4n) is 15.5. The van der Waals surface area contributed by atoms with Gasteiger partial charge in [-0.3, -0.25) is 38.7 Å². The number of likely N-dealkylation sites (N-methyl/N-ethyl adjacent to an activating group) is 2. The molecule has 0 saturated heterocycles. The smallest absolute Gasteiger partial charge is 0.279 e. The molecule has 21 heteroatoms. The molecular weight excluding hydrogens is 1820 g/mol. The third-order valence-electron chi connectivity index (χ3n) is 23.7. The Balaban J connectivity index is -0.00000162. The lowest BCUT2D eigenvalue weighted by Crippen LogP contribution is -2.46. The highest BCUT2D eigenvalue weighted by atomic mass is 16.7. The number of fused-ring (bicyclic) bond motifs is 4. The molecule has 1 saturated carbocycles. The van der Waals surface area contributed by atoms with Crippen molar-refractivity contribution in [1.82, 2.24) is 44.4 Å². The van der Waals surface area contributed by atoms with Crippen LogP contribution in [0.2, 0.25) is 0 Å². The van der Waals surface area contributed by atoms with Crippen molar-refractivity contribution in [3.8, 4) is 0 Å². The first-order valence-electron chi connectivity index (χ1n) is 53.9. The van der Waals surface area contributed by atoms with Crippen LogP contribution >= 0.6 is 0 Å². The highest BCUT2D eigenvalue weighted by Crippen LogP contribution is 2.43. The summed E-state index contributed by atoms with van der Waals surface area (Å²) in [6.07, 6.45) is 14.7. The van der Waals surface area contributed by atoms with Gasteiger partial charge in [0.1, 0.15) is 5.69 Å². The van der Waals surface area contributed by atoms with Crippen LogP contribution in [0.15, 0.2) is 272 Å². The van der Waals surface area contributed by atoms with Crippen LogP contribution in [0.5, 0.6) is 0 Å². The number of imide groups is 1. The van der Waals surface area contributed by atoms with Crippen LogP contribution in [0.1, 0.15) is 299 Å². The second-order valence-electron chi connectivity index (χ2n) is 31.6. The van der Waals surface area contributed by atoms with Crippen molar-refractivity contribution in [1.29, 1.82) is 0 Å². The van der Waals surface area contributed by atoms with Crippen LogP contribution < -0.4 is 29.8 Å². The number of allylic oxidation sites excluding steroid dienone is 1. The van der Waals surface area contributed by atoms with E-state index in [2.05, 4.69) is 93.6 Å². The minimum absolute atomic E-state index is 0.0555. The molecule has 4 aliphatic rings. The largest absolute Gasteiger partial charge is 0.357 e. The van der Waals surface area contributed by atoms with E-state index in [1.807, 2.05) is 468 Å². The topological polar surface area (TPSA) is 202 Å². The van der Waals surface area contributed by atoms with E-state index in [4.69, 9.17) is 4.84 Å². The molecule has 1 N–H and O–H groups in total. The predicted molar refractivity (Wildman–Crippen MR) is 639 cm³/mol. The molecule has 0 atom stereocenters. The van der Waals surface area contributed by atoms with Gasteiger partial charge in [0.15, 0.2) is 5.82 Å². The lowest BCUT2D eigenvalue weighted by Gasteiger charge is -2.43. The summed E-state index contributed by atoms with van der Waals surface area (Å²) in [6.45, 7) is 63.1. The fraction of sp³-hybridized carbons (Fsp3) is 0.429. The number of para-hydroxylation sites is 6. The van der Waals surface area contributed by atoms with E-state index < -0.39 is 0 Å². The van der Waals surface area contributed by atoms with E-state index in [9.17, 15) is 24.0 Å². The van der Waals surface area contributed by atoms with Crippen molar-refractivity contribution in [3.63, 3.8) is 0 Å². The van der Waals surface area contributed by atoms with Gasteiger partial charge in [0.2, 0.25) is 11.9 Å². The van der Waals surface area contributed by atoms with Gasteiger partial charge in [0.05, 0.1) is 52.3 Å². The van der Waals surface area contributed by atoms with Crippen molar-refractivity contribution < 1.29 is 28.8 Å². The molecule has 4 aromatic heterocycles. The molecular formula is C126H191N15O6. The summed E-state index contributed by atoms with van der Waals surface area (Å²) in [4.78, 5) is 102. The summed E-state index contributed by atoms with van der Waals surface area (Å²) in [6, 6.07) is 78.9. The fourth-order valence-corrected chi connectivity index (χ4v) is 15.5. The van der Waals surface area contributed by atoms with Crippen molar-refractivity contribution in [3.05, 3.63) is 323 Å². The van der Waals surface area contributed by atoms with Gasteiger partial charge in [-0.25, -0.2) is 20.0 Å². The lowest BCUT2D eigenvalue weighted by molar-refractivity contribution is -0.135. The second kappa shape index (κ2) is 79.0. The number of aryl methyl sites for hydroxylation is 2. The highest BCUT2D eigenvalue weighted by Gasteiger charge is 2.40. The Labute approximate surface area is 891 Å². The third-order valence-corrected chi connectivity index (χ3v) is 23.7. The van der Waals surface area contributed by atoms with Crippen molar-refractivity contribution in [2.75, 3.05) is 107 Å². The number of carbonyl (C=O) groups is 5. The lowest BCUT2D eigenvalue weighted by atomic mass is 9.72. The third kappa shape index (κ3) is 40.5. The maximum Gasteiger partial charge on any atom is 0.279 e. The number of aromatic nitrogens is 6. The summed E-state index contributed by atoms with van der Waals surface area (Å²) in [5.41, 5.74) is 18.4. The van der Waals surface area contributed by atoms with Crippen LogP contribution in [-0.4, -0.2) is 157 Å². The molecule has 806 valence electrons. The van der Waals surface area contributed by atoms with Gasteiger partial charge in [-0.15, -0.1) is 0 Å². The number of amides is 5. The van der Waals surface area contributed by atoms with Crippen LogP contribution in [0.4, 0.5) is 51.8 Å². The van der Waals surface area contributed by atoms with Gasteiger partial charge >= 0.3 is 0 Å². The average molecular weight is 2010 g/mol. The van der Waals surface area contributed by atoms with Crippen molar-refractivity contribution in [2.45, 2.75) is 272 Å². The van der Waals surface area contributed by atoms with Crippen LogP contribution in [0.3, 0.4) is 0 Å². The number of rotatable bonds is 16. The first kappa shape index (κ1) is 138. The summed E-state index contributed by atoms with van der Waals surface area (Å²) >= 11 is 0. The number of pyridine rings is 1. The van der Waals surface area contributed by atoms with Gasteiger partial charge in [-0.05, 0) is 170 Å². The Morgan fingerprint density at radius 1 is 0.456 bits per heavy atom. The molecule has 0 spiro atoms. The Morgan fingerprint density at radius 2 is 0.898 bits per heavy atom. The minimum atomic E-state index is -0.222. The zero-order chi connectivity index (χ0) is 113. The zero-order valence-electron chi connectivity index (χ0n) is 98.8. The molecule has 7 heterocycles. The number of nitrogens with zero attached hydrogens (tertiary/aromatic N) is 14. The Kier molecular flexibility index (Phi) is 74.1. The van der Waals surface area contributed by atoms with E-state index in [1.54, 1.807) is 56.5 Å². The van der Waals surface area contributed by atoms with Crippen LogP contribution in [-0.2, 0) is 39.1 Å². The molecule has 0 radical (unpaired) electrons. The molecule has 0 unspecified atom stereocenters. The number of hydrogen-bond acceptors (Lipinski definition) is 16. The molecule has 8 aromatic carbocycles. The van der Waals surface area contributed by atoms with E-state index in [1.165, 1.54) is 54.7 Å². The Hall–Kier alpha value is -13.2. The summed E-state index contributed by atoms with van der Waals surface area (Å²) in [5.74, 6) is 3.35. The molecule has 5 amide bonds. The molecule has 16 rings (SSSR count). The minimum Gasteiger partial charge on any atom is -0.357 e. The average Bonchev–Trinajstić information content (AvgIpc) is 1.58. The van der Waals surface area contributed by atoms with Crippen LogP contribution in [0, 0.1) is 25.7 Å². The van der Waals surface area contributed by atoms with Crippen LogP contribution in [0.25, 0.3) is 22.0 Å². The predicted octanol–water partition coefficient (Wildman–Crippen LogP) is 32.4. The summed E-state index contributed by atoms with van der Waals surface area (Å²) < 4.78 is 2.08. The quantitative estimate of drug-likeness (QED) is 0.0543. The number of carbonyl (C=O) groups excluding carboxylic acids is 5. The van der Waals surface area contributed by atoms with Gasteiger partial charge < -0.3 is 39.3 Å². The Morgan fingerprint density at radius 3 is 1.37 bits per heavy atom. The number of nitrogens with one attached hydrogen (secondary N) is 1. The molecule has 3 aliphatic heterocycles. The zero-order valence-corrected chi connectivity index (χ0v) is 98.8. The SMILES string of the molecule is CC.CC.CC.CC.CC.CC.CC.CC.CC.CC.CC.CC.CC/C(C)=C1\C(=O)N(C)c2ccccc21.CCC1CCC(C(C)(C)N(C)C)CC1.CN(c1ccccc1)c1nccc(Cc2ccccc2)n1.CNc1nc(C)c2c(n1)N(C)c1ccccc1C(=O)N2C.CON(C)C(=O)c1ccccc1N(C)c1ccccc1.Cc1c(C2=C(Cc3ccccc3)C(=O)N(C)C2=O)c2ccccc2n1C.c1ccncc1. The highest BCUT2D eigenvalue weighted by molar-refractivity contribution is 6.37. The molecule has 1 aliphatic carbocycles. The number of anilines is 9.